The molecule has 8 nitrogen and oxygen atoms in total. The Morgan fingerprint density at radius 2 is 2.00 bits per heavy atom. The van der Waals surface area contributed by atoms with Crippen LogP contribution in [0.5, 0.6) is 0 Å². The van der Waals surface area contributed by atoms with Gasteiger partial charge in [0.05, 0.1) is 11.8 Å². The average molecular weight is 387 g/mol. The smallest absolute Gasteiger partial charge is 0.409 e. The summed E-state index contributed by atoms with van der Waals surface area (Å²) in [6, 6.07) is 15.6. The Labute approximate surface area is 165 Å². The van der Waals surface area contributed by atoms with E-state index in [9.17, 15) is 9.59 Å². The molecule has 5 rings (SSSR count). The second-order valence-corrected chi connectivity index (χ2v) is 6.79. The van der Waals surface area contributed by atoms with Gasteiger partial charge in [0.25, 0.3) is 5.91 Å². The molecule has 1 aliphatic heterocycles. The molecule has 2 aliphatic rings. The van der Waals surface area contributed by atoms with Crippen molar-refractivity contribution in [2.75, 3.05) is 5.32 Å². The summed E-state index contributed by atoms with van der Waals surface area (Å²) in [6.45, 7) is 0. The molecule has 1 fully saturated rings. The maximum Gasteiger partial charge on any atom is 0.409 e. The first-order valence-corrected chi connectivity index (χ1v) is 9.05. The Kier molecular flexibility index (Phi) is 4.71. The monoisotopic (exact) mass is 387 g/mol. The first kappa shape index (κ1) is 18.3. The third-order valence-corrected chi connectivity index (χ3v) is 4.75. The molecule has 8 heteroatoms. The first-order valence-electron chi connectivity index (χ1n) is 9.05. The molecular weight excluding hydrogens is 370 g/mol. The first-order chi connectivity index (χ1) is 14.1. The summed E-state index contributed by atoms with van der Waals surface area (Å²) in [5.74, 6) is 0.439. The van der Waals surface area contributed by atoms with Crippen LogP contribution >= 0.6 is 0 Å². The summed E-state index contributed by atoms with van der Waals surface area (Å²) in [5.41, 5.74) is 5.55. The van der Waals surface area contributed by atoms with Crippen LogP contribution in [0, 0.1) is 11.3 Å². The number of amides is 2. The van der Waals surface area contributed by atoms with Crippen LogP contribution in [-0.2, 0) is 0 Å². The summed E-state index contributed by atoms with van der Waals surface area (Å²) in [5, 5.41) is 24.3. The number of benzene rings is 2. The fraction of sp³-hybridized carbons (Fsp3) is 0.143. The molecule has 2 heterocycles. The van der Waals surface area contributed by atoms with Crippen LogP contribution in [0.4, 0.5) is 10.5 Å². The van der Waals surface area contributed by atoms with Gasteiger partial charge in [-0.15, -0.1) is 0 Å². The maximum atomic E-state index is 11.9. The van der Waals surface area contributed by atoms with Gasteiger partial charge in [0, 0.05) is 22.2 Å². The molecule has 29 heavy (non-hydrogen) atoms. The van der Waals surface area contributed by atoms with Crippen molar-refractivity contribution in [3.05, 3.63) is 64.8 Å². The van der Waals surface area contributed by atoms with Crippen LogP contribution in [0.25, 0.3) is 10.9 Å². The molecule has 0 unspecified atom stereocenters. The van der Waals surface area contributed by atoms with Gasteiger partial charge in [-0.25, -0.2) is 10.2 Å². The van der Waals surface area contributed by atoms with Gasteiger partial charge < -0.3 is 10.1 Å². The van der Waals surface area contributed by atoms with Gasteiger partial charge in [-0.1, -0.05) is 30.3 Å². The summed E-state index contributed by atoms with van der Waals surface area (Å²) < 4.78 is 0. The Morgan fingerprint density at radius 1 is 1.24 bits per heavy atom. The van der Waals surface area contributed by atoms with Crippen molar-refractivity contribution in [2.45, 2.75) is 18.8 Å². The van der Waals surface area contributed by atoms with Gasteiger partial charge in [-0.2, -0.15) is 10.4 Å². The van der Waals surface area contributed by atoms with Crippen molar-refractivity contribution in [3.8, 4) is 6.07 Å². The molecule has 1 aliphatic carbocycles. The standard InChI is InChI=1S/C12H7N5O3.C9H10/c13-3-9-7-4-14-17-11(18)6-1-5(15-12(19)20)2-8(16-9)10(6)7;1-2-4-8(5-3-1)9-6-7-9/h1-2,4,15-16H,(H,17,18)(H,19,20);1-5,9H,6-7H2. The highest BCUT2D eigenvalue weighted by Gasteiger charge is 2.22. The van der Waals surface area contributed by atoms with E-state index >= 15 is 0 Å². The molecule has 0 bridgehead atoms. The van der Waals surface area contributed by atoms with Gasteiger partial charge in [0.2, 0.25) is 0 Å². The topological polar surface area (TPSA) is 130 Å². The van der Waals surface area contributed by atoms with Gasteiger partial charge in [0.15, 0.2) is 0 Å². The summed E-state index contributed by atoms with van der Waals surface area (Å²) >= 11 is 0. The predicted molar refractivity (Wildman–Crippen MR) is 108 cm³/mol. The van der Waals surface area contributed by atoms with E-state index in [1.807, 2.05) is 6.07 Å². The summed E-state index contributed by atoms with van der Waals surface area (Å²) in [6.07, 6.45) is 2.96. The number of rotatable bonds is 2. The Hall–Kier alpha value is -4.12. The minimum atomic E-state index is -1.24. The molecule has 2 amide bonds. The number of anilines is 1. The second kappa shape index (κ2) is 7.48. The van der Waals surface area contributed by atoms with Crippen molar-refractivity contribution >= 4 is 34.8 Å². The third kappa shape index (κ3) is 3.80. The number of aromatic amines is 1. The normalized spacial score (nSPS) is 14.2. The average Bonchev–Trinajstić information content (AvgIpc) is 3.52. The van der Waals surface area contributed by atoms with E-state index in [-0.39, 0.29) is 16.9 Å². The van der Waals surface area contributed by atoms with E-state index in [2.05, 4.69) is 51.2 Å². The van der Waals surface area contributed by atoms with Crippen LogP contribution in [0.1, 0.15) is 45.9 Å². The number of H-pyrrole nitrogens is 1. The van der Waals surface area contributed by atoms with Gasteiger partial charge in [0.1, 0.15) is 11.8 Å². The molecular formula is C21H17N5O3. The quantitative estimate of drug-likeness (QED) is 0.533. The number of carbonyl (C=O) groups is 2. The SMILES string of the molecule is N#Cc1[nH]c2cc(NC(=O)O)cc3c2c1C=NNC3=O.c1ccc(C2CC2)cc1. The van der Waals surface area contributed by atoms with Crippen LogP contribution in [0.2, 0.25) is 0 Å². The van der Waals surface area contributed by atoms with E-state index in [0.717, 1.165) is 5.92 Å². The highest BCUT2D eigenvalue weighted by Crippen LogP contribution is 2.39. The lowest BCUT2D eigenvalue weighted by Gasteiger charge is -2.05. The van der Waals surface area contributed by atoms with E-state index in [4.69, 9.17) is 10.4 Å². The number of hydrazone groups is 1. The van der Waals surface area contributed by atoms with E-state index < -0.39 is 12.0 Å². The van der Waals surface area contributed by atoms with Crippen molar-refractivity contribution in [1.82, 2.24) is 10.4 Å². The zero-order valence-electron chi connectivity index (χ0n) is 15.3. The molecule has 0 saturated heterocycles. The van der Waals surface area contributed by atoms with Crippen LogP contribution in [0.3, 0.4) is 0 Å². The molecule has 0 spiro atoms. The number of aromatic nitrogens is 1. The number of hydrogen-bond donors (Lipinski definition) is 4. The van der Waals surface area contributed by atoms with Gasteiger partial charge in [-0.05, 0) is 36.5 Å². The minimum Gasteiger partial charge on any atom is -0.465 e. The van der Waals surface area contributed by atoms with Crippen molar-refractivity contribution in [3.63, 3.8) is 0 Å². The van der Waals surface area contributed by atoms with E-state index in [0.29, 0.717) is 16.5 Å². The number of nitrogens with zero attached hydrogens (tertiary/aromatic N) is 2. The van der Waals surface area contributed by atoms with Crippen molar-refractivity contribution < 1.29 is 14.7 Å². The predicted octanol–water partition coefficient (Wildman–Crippen LogP) is 3.77. The molecule has 4 N–H and O–H groups in total. The molecule has 2 aromatic carbocycles. The number of hydrogen-bond acceptors (Lipinski definition) is 4. The molecule has 144 valence electrons. The van der Waals surface area contributed by atoms with Gasteiger partial charge >= 0.3 is 6.09 Å². The Morgan fingerprint density at radius 3 is 2.66 bits per heavy atom. The molecule has 1 aromatic heterocycles. The summed E-state index contributed by atoms with van der Waals surface area (Å²) in [4.78, 5) is 25.5. The Balaban J connectivity index is 0.000000188. The van der Waals surface area contributed by atoms with Crippen LogP contribution in [-0.4, -0.2) is 28.3 Å². The lowest BCUT2D eigenvalue weighted by molar-refractivity contribution is 0.0957. The lowest BCUT2D eigenvalue weighted by atomic mass is 10.0. The van der Waals surface area contributed by atoms with Crippen molar-refractivity contribution in [2.24, 2.45) is 5.10 Å². The van der Waals surface area contributed by atoms with Crippen LogP contribution < -0.4 is 10.7 Å². The number of carboxylic acid groups (broad SMARTS) is 1. The zero-order chi connectivity index (χ0) is 20.4. The third-order valence-electron chi connectivity index (χ3n) is 4.75. The van der Waals surface area contributed by atoms with Crippen LogP contribution in [0.15, 0.2) is 47.6 Å². The lowest BCUT2D eigenvalue weighted by Crippen LogP contribution is -2.17. The molecule has 1 saturated carbocycles. The molecule has 0 atom stereocenters. The Bertz CT molecular complexity index is 1170. The number of carbonyl (C=O) groups excluding carboxylic acids is 1. The van der Waals surface area contributed by atoms with Crippen molar-refractivity contribution in [1.29, 1.82) is 5.26 Å². The fourth-order valence-corrected chi connectivity index (χ4v) is 3.31. The highest BCUT2D eigenvalue weighted by atomic mass is 16.4. The number of nitrogens with one attached hydrogen (secondary N) is 3. The minimum absolute atomic E-state index is 0.231. The zero-order valence-corrected chi connectivity index (χ0v) is 15.3. The molecule has 3 aromatic rings. The van der Waals surface area contributed by atoms with E-state index in [1.54, 1.807) is 0 Å². The fourth-order valence-electron chi connectivity index (χ4n) is 3.31. The largest absolute Gasteiger partial charge is 0.465 e. The van der Waals surface area contributed by atoms with E-state index in [1.165, 1.54) is 36.8 Å². The molecule has 0 radical (unpaired) electrons. The summed E-state index contributed by atoms with van der Waals surface area (Å²) in [7, 11) is 0. The maximum absolute atomic E-state index is 11.9. The van der Waals surface area contributed by atoms with Gasteiger partial charge in [-0.3, -0.25) is 10.1 Å². The number of nitriles is 1. The highest BCUT2D eigenvalue weighted by molar-refractivity contribution is 6.16. The second-order valence-electron chi connectivity index (χ2n) is 6.79.